The van der Waals surface area contributed by atoms with Crippen LogP contribution in [0.15, 0.2) is 41.8 Å². The third-order valence-electron chi connectivity index (χ3n) is 7.91. The number of nitrogens with zero attached hydrogens (tertiary/aromatic N) is 2. The second-order valence-corrected chi connectivity index (χ2v) is 11.2. The minimum Gasteiger partial charge on any atom is -0.478 e. The maximum Gasteiger partial charge on any atom is 0.336 e. The fourth-order valence-electron chi connectivity index (χ4n) is 5.65. The van der Waals surface area contributed by atoms with Gasteiger partial charge in [0.15, 0.2) is 0 Å². The number of amides is 1. The van der Waals surface area contributed by atoms with E-state index in [1.165, 1.54) is 0 Å². The van der Waals surface area contributed by atoms with Crippen molar-refractivity contribution in [1.29, 1.82) is 0 Å². The first kappa shape index (κ1) is 26.7. The third-order valence-corrected chi connectivity index (χ3v) is 8.86. The lowest BCUT2D eigenvalue weighted by molar-refractivity contribution is -0.136. The Hall–Kier alpha value is -2.85. The Morgan fingerprint density at radius 1 is 1.16 bits per heavy atom. The van der Waals surface area contributed by atoms with Crippen LogP contribution in [0.2, 0.25) is 0 Å². The zero-order valence-electron chi connectivity index (χ0n) is 22.0. The second-order valence-electron chi connectivity index (χ2n) is 10.3. The molecule has 8 nitrogen and oxygen atoms in total. The average Bonchev–Trinajstić information content (AvgIpc) is 3.63. The maximum absolute atomic E-state index is 14.0. The largest absolute Gasteiger partial charge is 0.478 e. The number of benzene rings is 2. The molecule has 38 heavy (non-hydrogen) atoms. The van der Waals surface area contributed by atoms with Gasteiger partial charge in [0.1, 0.15) is 5.01 Å². The molecule has 3 atom stereocenters. The van der Waals surface area contributed by atoms with Gasteiger partial charge in [-0.25, -0.2) is 9.78 Å². The number of aromatic nitrogens is 1. The standard InChI is InChI=1S/C29H36N4O4S/c1-18(30-2)16-31-26(19-11-14-37-15-12-19)28(34)33-13-5-8-25(33)27-32-24(17-38-27)22-9-10-23(29(35)36)21-7-4-3-6-20(21)22/h3-4,6-7,9-10,17-19,25-26,30-31H,5,8,11-16H2,1-2H3,(H,35,36)/t18-,25-,26-/m0/s1. The van der Waals surface area contributed by atoms with E-state index < -0.39 is 5.97 Å². The number of aromatic carboxylic acids is 1. The van der Waals surface area contributed by atoms with E-state index in [9.17, 15) is 14.7 Å². The molecular weight excluding hydrogens is 500 g/mol. The molecule has 2 aromatic carbocycles. The molecule has 3 aromatic rings. The van der Waals surface area contributed by atoms with Gasteiger partial charge in [0.2, 0.25) is 5.91 Å². The highest BCUT2D eigenvalue weighted by Gasteiger charge is 2.39. The van der Waals surface area contributed by atoms with Gasteiger partial charge in [-0.2, -0.15) is 0 Å². The Morgan fingerprint density at radius 3 is 2.66 bits per heavy atom. The number of carbonyl (C=O) groups excluding carboxylic acids is 1. The number of likely N-dealkylation sites (N-methyl/N-ethyl adjacent to an activating group) is 1. The molecule has 3 N–H and O–H groups in total. The second kappa shape index (κ2) is 11.9. The van der Waals surface area contributed by atoms with Gasteiger partial charge >= 0.3 is 5.97 Å². The van der Waals surface area contributed by atoms with Crippen LogP contribution in [0.4, 0.5) is 0 Å². The van der Waals surface area contributed by atoms with E-state index in [4.69, 9.17) is 9.72 Å². The molecule has 0 aliphatic carbocycles. The first-order valence-electron chi connectivity index (χ1n) is 13.5. The summed E-state index contributed by atoms with van der Waals surface area (Å²) in [6, 6.07) is 11.0. The summed E-state index contributed by atoms with van der Waals surface area (Å²) in [6.07, 6.45) is 3.62. The summed E-state index contributed by atoms with van der Waals surface area (Å²) in [5.74, 6) is -0.521. The smallest absolute Gasteiger partial charge is 0.336 e. The summed E-state index contributed by atoms with van der Waals surface area (Å²) < 4.78 is 5.58. The molecule has 3 heterocycles. The molecule has 0 radical (unpaired) electrons. The van der Waals surface area contributed by atoms with Gasteiger partial charge in [0, 0.05) is 43.3 Å². The summed E-state index contributed by atoms with van der Waals surface area (Å²) >= 11 is 1.58. The number of rotatable bonds is 9. The fraction of sp³-hybridized carbons (Fsp3) is 0.483. The minimum atomic E-state index is -0.941. The molecule has 1 aromatic heterocycles. The molecule has 1 amide bonds. The molecule has 0 saturated carbocycles. The van der Waals surface area contributed by atoms with Crippen molar-refractivity contribution in [2.45, 2.75) is 50.7 Å². The number of hydrogen-bond acceptors (Lipinski definition) is 7. The minimum absolute atomic E-state index is 0.0447. The van der Waals surface area contributed by atoms with Gasteiger partial charge in [-0.3, -0.25) is 4.79 Å². The topological polar surface area (TPSA) is 104 Å². The van der Waals surface area contributed by atoms with Gasteiger partial charge < -0.3 is 25.4 Å². The van der Waals surface area contributed by atoms with E-state index >= 15 is 0 Å². The Kier molecular flexibility index (Phi) is 8.38. The highest BCUT2D eigenvalue weighted by Crippen LogP contribution is 2.38. The number of carboxylic acids is 1. The van der Waals surface area contributed by atoms with Gasteiger partial charge in [-0.05, 0) is 62.4 Å². The van der Waals surface area contributed by atoms with E-state index in [0.29, 0.717) is 18.6 Å². The molecule has 2 aliphatic heterocycles. The van der Waals surface area contributed by atoms with E-state index in [1.807, 2.05) is 47.7 Å². The molecule has 0 unspecified atom stereocenters. The first-order chi connectivity index (χ1) is 18.5. The molecule has 202 valence electrons. The van der Waals surface area contributed by atoms with Crippen LogP contribution in [-0.2, 0) is 9.53 Å². The summed E-state index contributed by atoms with van der Waals surface area (Å²) in [5.41, 5.74) is 2.01. The Morgan fingerprint density at radius 2 is 1.92 bits per heavy atom. The Labute approximate surface area is 227 Å². The van der Waals surface area contributed by atoms with Gasteiger partial charge in [0.25, 0.3) is 0 Å². The van der Waals surface area contributed by atoms with Crippen LogP contribution in [0, 0.1) is 5.92 Å². The number of ether oxygens (including phenoxy) is 1. The van der Waals surface area contributed by atoms with Crippen molar-refractivity contribution < 1.29 is 19.4 Å². The lowest BCUT2D eigenvalue weighted by atomic mass is 9.90. The van der Waals surface area contributed by atoms with E-state index in [-0.39, 0.29) is 35.5 Å². The molecule has 9 heteroatoms. The predicted octanol–water partition coefficient (Wildman–Crippen LogP) is 4.32. The molecule has 2 fully saturated rings. The van der Waals surface area contributed by atoms with Crippen LogP contribution < -0.4 is 10.6 Å². The van der Waals surface area contributed by atoms with Crippen LogP contribution >= 0.6 is 11.3 Å². The number of carbonyl (C=O) groups is 2. The molecular formula is C29H36N4O4S. The quantitative estimate of drug-likeness (QED) is 0.374. The summed E-state index contributed by atoms with van der Waals surface area (Å²) in [5, 5.41) is 21.0. The zero-order chi connectivity index (χ0) is 26.6. The van der Waals surface area contributed by atoms with E-state index in [2.05, 4.69) is 17.6 Å². The summed E-state index contributed by atoms with van der Waals surface area (Å²) in [7, 11) is 1.94. The number of fused-ring (bicyclic) bond motifs is 1. The van der Waals surface area contributed by atoms with Crippen LogP contribution in [-0.4, -0.2) is 72.3 Å². The van der Waals surface area contributed by atoms with Crippen molar-refractivity contribution in [1.82, 2.24) is 20.5 Å². The lowest BCUT2D eigenvalue weighted by Gasteiger charge is -2.35. The SMILES string of the molecule is CN[C@@H](C)CN[C@H](C(=O)N1CCC[C@H]1c1nc(-c2ccc(C(=O)O)c3ccccc23)cs1)C1CCOCC1. The summed E-state index contributed by atoms with van der Waals surface area (Å²) in [4.78, 5) is 32.8. The molecule has 5 rings (SSSR count). The van der Waals surface area contributed by atoms with Crippen LogP contribution in [0.3, 0.4) is 0 Å². The van der Waals surface area contributed by atoms with Crippen molar-refractivity contribution in [3.8, 4) is 11.3 Å². The number of hydrogen-bond donors (Lipinski definition) is 3. The fourth-order valence-corrected chi connectivity index (χ4v) is 6.62. The van der Waals surface area contributed by atoms with Crippen LogP contribution in [0.5, 0.6) is 0 Å². The lowest BCUT2D eigenvalue weighted by Crippen LogP contribution is -2.53. The van der Waals surface area contributed by atoms with Crippen LogP contribution in [0.1, 0.15) is 54.0 Å². The number of carboxylic acid groups (broad SMARTS) is 1. The average molecular weight is 537 g/mol. The van der Waals surface area contributed by atoms with Crippen LogP contribution in [0.25, 0.3) is 22.0 Å². The Balaban J connectivity index is 1.40. The van der Waals surface area contributed by atoms with Crippen molar-refractivity contribution in [2.24, 2.45) is 5.92 Å². The highest BCUT2D eigenvalue weighted by atomic mass is 32.1. The Bertz CT molecular complexity index is 1290. The van der Waals surface area contributed by atoms with Gasteiger partial charge in [-0.1, -0.05) is 30.3 Å². The normalized spacial score (nSPS) is 20.1. The number of thiazole rings is 1. The zero-order valence-corrected chi connectivity index (χ0v) is 22.8. The van der Waals surface area contributed by atoms with Gasteiger partial charge in [-0.15, -0.1) is 11.3 Å². The molecule has 0 spiro atoms. The molecule has 2 aliphatic rings. The monoisotopic (exact) mass is 536 g/mol. The first-order valence-corrected chi connectivity index (χ1v) is 14.4. The maximum atomic E-state index is 14.0. The number of nitrogens with one attached hydrogen (secondary N) is 2. The molecule has 0 bridgehead atoms. The molecule has 2 saturated heterocycles. The summed E-state index contributed by atoms with van der Waals surface area (Å²) in [6.45, 7) is 4.97. The van der Waals surface area contributed by atoms with Crippen molar-refractivity contribution in [2.75, 3.05) is 33.4 Å². The predicted molar refractivity (Wildman–Crippen MR) is 150 cm³/mol. The highest BCUT2D eigenvalue weighted by molar-refractivity contribution is 7.10. The van der Waals surface area contributed by atoms with E-state index in [1.54, 1.807) is 17.4 Å². The van der Waals surface area contributed by atoms with Crippen molar-refractivity contribution >= 4 is 34.0 Å². The third kappa shape index (κ3) is 5.47. The van der Waals surface area contributed by atoms with Gasteiger partial charge in [0.05, 0.1) is 23.3 Å². The van der Waals surface area contributed by atoms with Crippen molar-refractivity contribution in [3.05, 3.63) is 52.3 Å². The van der Waals surface area contributed by atoms with Crippen molar-refractivity contribution in [3.63, 3.8) is 0 Å². The van der Waals surface area contributed by atoms with E-state index in [0.717, 1.165) is 60.4 Å². The number of likely N-dealkylation sites (tertiary alicyclic amines) is 1.